The zero-order chi connectivity index (χ0) is 32.0. The number of rotatable bonds is 10. The Hall–Kier alpha value is -5.19. The molecular weight excluding hydrogens is 592 g/mol. The number of hydrogen-bond donors (Lipinski definition) is 0. The molecule has 236 valence electrons. The van der Waals surface area contributed by atoms with Gasteiger partial charge in [0.05, 0.1) is 44.1 Å². The average molecular weight is 625 g/mol. The highest BCUT2D eigenvalue weighted by molar-refractivity contribution is 5.92. The highest BCUT2D eigenvalue weighted by atomic mass is 16.7. The van der Waals surface area contributed by atoms with Gasteiger partial charge in [-0.15, -0.1) is 0 Å². The van der Waals surface area contributed by atoms with E-state index in [1.54, 1.807) is 50.6 Å². The van der Waals surface area contributed by atoms with Crippen LogP contribution in [0.15, 0.2) is 97.1 Å². The lowest BCUT2D eigenvalue weighted by atomic mass is 10.0. The first kappa shape index (κ1) is 30.8. The van der Waals surface area contributed by atoms with Crippen LogP contribution in [0, 0.1) is 0 Å². The Bertz CT molecular complexity index is 1660. The highest BCUT2D eigenvalue weighted by Crippen LogP contribution is 2.32. The van der Waals surface area contributed by atoms with Crippen LogP contribution in [-0.4, -0.2) is 69.8 Å². The lowest BCUT2D eigenvalue weighted by Crippen LogP contribution is -2.36. The third kappa shape index (κ3) is 7.03. The number of methoxy groups -OCH3 is 2. The van der Waals surface area contributed by atoms with Crippen molar-refractivity contribution < 1.29 is 47.5 Å². The minimum absolute atomic E-state index is 0.104. The van der Waals surface area contributed by atoms with E-state index in [2.05, 4.69) is 0 Å². The van der Waals surface area contributed by atoms with Crippen LogP contribution in [0.5, 0.6) is 17.2 Å². The zero-order valence-electron chi connectivity index (χ0n) is 25.3. The molecule has 0 aliphatic carbocycles. The SMILES string of the molecule is COc1ccc(Cc2ccc(C(=O)O[C@@H]3CO[C@H]4[C@@H]3OC[C@@H]4OC(=O)c3ccc(OC(=O)c4ccc(OC)cc4)cc3)cc2)cc1. The van der Waals surface area contributed by atoms with Crippen LogP contribution in [0.25, 0.3) is 0 Å². The quantitative estimate of drug-likeness (QED) is 0.175. The molecule has 0 radical (unpaired) electrons. The number of hydrogen-bond acceptors (Lipinski definition) is 10. The smallest absolute Gasteiger partial charge is 0.343 e. The summed E-state index contributed by atoms with van der Waals surface area (Å²) in [6.45, 7) is 0.228. The van der Waals surface area contributed by atoms with Gasteiger partial charge >= 0.3 is 17.9 Å². The van der Waals surface area contributed by atoms with Crippen molar-refractivity contribution in [3.63, 3.8) is 0 Å². The van der Waals surface area contributed by atoms with Crippen molar-refractivity contribution in [1.29, 1.82) is 0 Å². The first-order chi connectivity index (χ1) is 22.4. The number of carbonyl (C=O) groups excluding carboxylic acids is 3. The average Bonchev–Trinajstić information content (AvgIpc) is 3.68. The van der Waals surface area contributed by atoms with Crippen LogP contribution in [0.2, 0.25) is 0 Å². The van der Waals surface area contributed by atoms with Gasteiger partial charge in [0, 0.05) is 0 Å². The molecule has 0 N–H and O–H groups in total. The molecule has 2 heterocycles. The van der Waals surface area contributed by atoms with E-state index in [0.717, 1.165) is 23.3 Å². The van der Waals surface area contributed by atoms with Gasteiger partial charge in [0.25, 0.3) is 0 Å². The fraction of sp³-hybridized carbons (Fsp3) is 0.250. The third-order valence-corrected chi connectivity index (χ3v) is 7.86. The predicted octanol–water partition coefficient (Wildman–Crippen LogP) is 5.06. The molecule has 0 unspecified atom stereocenters. The number of carbonyl (C=O) groups is 3. The van der Waals surface area contributed by atoms with Gasteiger partial charge in [-0.05, 0) is 90.3 Å². The molecule has 6 rings (SSSR count). The summed E-state index contributed by atoms with van der Waals surface area (Å²) in [4.78, 5) is 38.2. The first-order valence-corrected chi connectivity index (χ1v) is 14.7. The molecular formula is C36H32O10. The number of fused-ring (bicyclic) bond motifs is 1. The van der Waals surface area contributed by atoms with Gasteiger partial charge in [0.2, 0.25) is 0 Å². The van der Waals surface area contributed by atoms with E-state index in [0.29, 0.717) is 16.9 Å². The van der Waals surface area contributed by atoms with Gasteiger partial charge in [-0.25, -0.2) is 14.4 Å². The van der Waals surface area contributed by atoms with Crippen molar-refractivity contribution in [1.82, 2.24) is 0 Å². The molecule has 4 aromatic carbocycles. The fourth-order valence-corrected chi connectivity index (χ4v) is 5.33. The summed E-state index contributed by atoms with van der Waals surface area (Å²) in [6, 6.07) is 27.7. The number of esters is 3. The van der Waals surface area contributed by atoms with Gasteiger partial charge in [-0.1, -0.05) is 24.3 Å². The summed E-state index contributed by atoms with van der Waals surface area (Å²) < 4.78 is 38.8. The van der Waals surface area contributed by atoms with Gasteiger partial charge in [-0.2, -0.15) is 0 Å². The molecule has 0 bridgehead atoms. The van der Waals surface area contributed by atoms with Crippen molar-refractivity contribution >= 4 is 17.9 Å². The van der Waals surface area contributed by atoms with Crippen LogP contribution < -0.4 is 14.2 Å². The summed E-state index contributed by atoms with van der Waals surface area (Å²) in [7, 11) is 3.17. The van der Waals surface area contributed by atoms with Gasteiger partial charge < -0.3 is 33.2 Å². The molecule has 2 saturated heterocycles. The third-order valence-electron chi connectivity index (χ3n) is 7.86. The van der Waals surface area contributed by atoms with Gasteiger partial charge in [0.15, 0.2) is 12.2 Å². The molecule has 4 aromatic rings. The normalized spacial score (nSPS) is 20.0. The monoisotopic (exact) mass is 624 g/mol. The lowest BCUT2D eigenvalue weighted by Gasteiger charge is -2.17. The van der Waals surface area contributed by atoms with Crippen LogP contribution in [-0.2, 0) is 25.4 Å². The summed E-state index contributed by atoms with van der Waals surface area (Å²) >= 11 is 0. The highest BCUT2D eigenvalue weighted by Gasteiger charge is 2.51. The molecule has 10 nitrogen and oxygen atoms in total. The number of ether oxygens (including phenoxy) is 7. The Labute approximate surface area is 265 Å². The van der Waals surface area contributed by atoms with Crippen molar-refractivity contribution in [3.8, 4) is 17.2 Å². The summed E-state index contributed by atoms with van der Waals surface area (Å²) in [5.41, 5.74) is 3.23. The molecule has 0 amide bonds. The molecule has 0 aromatic heterocycles. The van der Waals surface area contributed by atoms with Crippen molar-refractivity contribution in [2.24, 2.45) is 0 Å². The molecule has 2 fully saturated rings. The molecule has 0 spiro atoms. The summed E-state index contributed by atoms with van der Waals surface area (Å²) in [6.07, 6.45) is -1.73. The van der Waals surface area contributed by atoms with E-state index < -0.39 is 42.3 Å². The maximum atomic E-state index is 12.9. The van der Waals surface area contributed by atoms with E-state index in [9.17, 15) is 14.4 Å². The first-order valence-electron chi connectivity index (χ1n) is 14.7. The second-order valence-corrected chi connectivity index (χ2v) is 10.8. The van der Waals surface area contributed by atoms with E-state index in [1.807, 2.05) is 36.4 Å². The van der Waals surface area contributed by atoms with Crippen molar-refractivity contribution in [2.45, 2.75) is 30.8 Å². The summed E-state index contributed by atoms with van der Waals surface area (Å²) in [5, 5.41) is 0. The Kier molecular flexibility index (Phi) is 9.28. The van der Waals surface area contributed by atoms with Crippen LogP contribution in [0.4, 0.5) is 0 Å². The molecule has 2 aliphatic rings. The maximum Gasteiger partial charge on any atom is 0.343 e. The molecule has 10 heteroatoms. The zero-order valence-corrected chi connectivity index (χ0v) is 25.3. The summed E-state index contributed by atoms with van der Waals surface area (Å²) in [5.74, 6) is 0.0948. The topological polar surface area (TPSA) is 116 Å². The lowest BCUT2D eigenvalue weighted by molar-refractivity contribution is -0.0287. The van der Waals surface area contributed by atoms with E-state index >= 15 is 0 Å². The number of benzene rings is 4. The maximum absolute atomic E-state index is 12.9. The largest absolute Gasteiger partial charge is 0.497 e. The fourth-order valence-electron chi connectivity index (χ4n) is 5.33. The van der Waals surface area contributed by atoms with Crippen molar-refractivity contribution in [2.75, 3.05) is 27.4 Å². The van der Waals surface area contributed by atoms with Crippen LogP contribution in [0.3, 0.4) is 0 Å². The van der Waals surface area contributed by atoms with E-state index in [-0.39, 0.29) is 24.5 Å². The minimum Gasteiger partial charge on any atom is -0.497 e. The molecule has 0 saturated carbocycles. The van der Waals surface area contributed by atoms with E-state index in [1.165, 1.54) is 24.3 Å². The van der Waals surface area contributed by atoms with Crippen molar-refractivity contribution in [3.05, 3.63) is 125 Å². The molecule has 2 aliphatic heterocycles. The second kappa shape index (κ2) is 13.8. The Morgan fingerprint density at radius 3 is 1.37 bits per heavy atom. The van der Waals surface area contributed by atoms with Crippen LogP contribution in [0.1, 0.15) is 42.2 Å². The molecule has 4 atom stereocenters. The Balaban J connectivity index is 0.983. The molecule has 46 heavy (non-hydrogen) atoms. The Morgan fingerprint density at radius 2 is 0.913 bits per heavy atom. The standard InChI is InChI=1S/C36H32O10/c1-40-27-13-5-23(6-14-27)19-22-3-7-24(8-4-22)35(38)45-30-20-42-33-31(21-43-32(30)33)46-36(39)26-11-17-29(18-12-26)44-34(37)25-9-15-28(41-2)16-10-25/h3-18,30-33H,19-21H2,1-2H3/t30-,31+,32-,33-/m1/s1. The minimum atomic E-state index is -0.675. The predicted molar refractivity (Wildman–Crippen MR) is 165 cm³/mol. The van der Waals surface area contributed by atoms with Crippen LogP contribution >= 0.6 is 0 Å². The van der Waals surface area contributed by atoms with Gasteiger partial charge in [-0.3, -0.25) is 0 Å². The van der Waals surface area contributed by atoms with Gasteiger partial charge in [0.1, 0.15) is 29.5 Å². The second-order valence-electron chi connectivity index (χ2n) is 10.8. The Morgan fingerprint density at radius 1 is 0.543 bits per heavy atom. The van der Waals surface area contributed by atoms with E-state index in [4.69, 9.17) is 33.2 Å².